The zero-order chi connectivity index (χ0) is 18.5. The number of likely N-dealkylation sites (tertiary alicyclic amines) is 1. The molecular weight excluding hydrogens is 360 g/mol. The highest BCUT2D eigenvalue weighted by molar-refractivity contribution is 6.30. The van der Waals surface area contributed by atoms with E-state index in [1.165, 1.54) is 4.90 Å². The number of amides is 2. The first-order valence-electron chi connectivity index (χ1n) is 8.72. The molecule has 2 aliphatic rings. The van der Waals surface area contributed by atoms with Crippen LogP contribution >= 0.6 is 11.6 Å². The first kappa shape index (κ1) is 19.1. The van der Waals surface area contributed by atoms with Gasteiger partial charge in [0.2, 0.25) is 11.8 Å². The summed E-state index contributed by atoms with van der Waals surface area (Å²) in [7, 11) is 0. The summed E-state index contributed by atoms with van der Waals surface area (Å²) in [6.45, 7) is 1.49. The van der Waals surface area contributed by atoms with Crippen molar-refractivity contribution in [3.63, 3.8) is 0 Å². The number of benzene rings is 1. The summed E-state index contributed by atoms with van der Waals surface area (Å²) in [6, 6.07) is 6.47. The fraction of sp³-hybridized carbons (Fsp3) is 0.556. The molecule has 0 radical (unpaired) electrons. The number of carbonyl (C=O) groups is 2. The predicted molar refractivity (Wildman–Crippen MR) is 94.6 cm³/mol. The van der Waals surface area contributed by atoms with Gasteiger partial charge in [-0.3, -0.25) is 9.59 Å². The number of hydrogen-bond acceptors (Lipinski definition) is 5. The van der Waals surface area contributed by atoms with Crippen molar-refractivity contribution in [2.45, 2.75) is 37.6 Å². The van der Waals surface area contributed by atoms with Crippen LogP contribution in [0.3, 0.4) is 0 Å². The monoisotopic (exact) mass is 382 g/mol. The first-order valence-corrected chi connectivity index (χ1v) is 9.10. The minimum absolute atomic E-state index is 0.0799. The van der Waals surface area contributed by atoms with Crippen LogP contribution in [0.4, 0.5) is 0 Å². The Kier molecular flexibility index (Phi) is 6.48. The van der Waals surface area contributed by atoms with Gasteiger partial charge in [-0.05, 0) is 24.1 Å². The molecule has 0 bridgehead atoms. The van der Waals surface area contributed by atoms with Crippen LogP contribution in [0.25, 0.3) is 0 Å². The van der Waals surface area contributed by atoms with Crippen LogP contribution in [0.2, 0.25) is 5.02 Å². The van der Waals surface area contributed by atoms with Crippen molar-refractivity contribution in [1.29, 1.82) is 0 Å². The number of nitrogens with one attached hydrogen (secondary N) is 1. The molecule has 142 valence electrons. The number of aliphatic hydroxyl groups excluding tert-OH is 1. The zero-order valence-corrected chi connectivity index (χ0v) is 15.2. The Morgan fingerprint density at radius 3 is 2.81 bits per heavy atom. The number of ether oxygens (including phenoxy) is 2. The second-order valence-corrected chi connectivity index (χ2v) is 7.03. The van der Waals surface area contributed by atoms with Crippen molar-refractivity contribution in [3.05, 3.63) is 34.9 Å². The van der Waals surface area contributed by atoms with Crippen LogP contribution in [-0.4, -0.2) is 66.4 Å². The van der Waals surface area contributed by atoms with E-state index in [9.17, 15) is 14.7 Å². The topological polar surface area (TPSA) is 88.1 Å². The largest absolute Gasteiger partial charge is 0.391 e. The van der Waals surface area contributed by atoms with E-state index in [1.807, 2.05) is 12.1 Å². The molecule has 0 spiro atoms. The summed E-state index contributed by atoms with van der Waals surface area (Å²) in [4.78, 5) is 26.3. The summed E-state index contributed by atoms with van der Waals surface area (Å²) in [5.74, 6) is -0.575. The minimum atomic E-state index is -0.708. The maximum absolute atomic E-state index is 12.5. The highest BCUT2D eigenvalue weighted by Crippen LogP contribution is 2.19. The Balaban J connectivity index is 1.52. The second-order valence-electron chi connectivity index (χ2n) is 6.59. The van der Waals surface area contributed by atoms with Crippen molar-refractivity contribution in [1.82, 2.24) is 10.2 Å². The number of rotatable bonds is 6. The Bertz CT molecular complexity index is 633. The van der Waals surface area contributed by atoms with E-state index in [1.54, 1.807) is 12.1 Å². The molecule has 3 atom stereocenters. The van der Waals surface area contributed by atoms with E-state index in [0.29, 0.717) is 24.8 Å². The molecule has 2 unspecified atom stereocenters. The summed E-state index contributed by atoms with van der Waals surface area (Å²) >= 11 is 5.85. The normalized spacial score (nSPS) is 25.5. The highest BCUT2D eigenvalue weighted by atomic mass is 35.5. The highest BCUT2D eigenvalue weighted by Gasteiger charge is 2.38. The van der Waals surface area contributed by atoms with Crippen molar-refractivity contribution in [3.8, 4) is 0 Å². The SMILES string of the molecule is O=C(NCc1ccc(Cl)cc1)[C@@H]1CC(O)CN1C(=O)COC1CCOC1. The van der Waals surface area contributed by atoms with Crippen LogP contribution < -0.4 is 5.32 Å². The Hall–Kier alpha value is -1.67. The van der Waals surface area contributed by atoms with E-state index < -0.39 is 12.1 Å². The lowest BCUT2D eigenvalue weighted by molar-refractivity contribution is -0.143. The van der Waals surface area contributed by atoms with Gasteiger partial charge in [-0.15, -0.1) is 0 Å². The number of carbonyl (C=O) groups excluding carboxylic acids is 2. The van der Waals surface area contributed by atoms with Crippen molar-refractivity contribution >= 4 is 23.4 Å². The molecular formula is C18H23ClN2O5. The van der Waals surface area contributed by atoms with Gasteiger partial charge in [-0.2, -0.15) is 0 Å². The number of halogens is 1. The number of aliphatic hydroxyl groups is 1. The average Bonchev–Trinajstić information content (AvgIpc) is 3.28. The van der Waals surface area contributed by atoms with E-state index in [0.717, 1.165) is 12.0 Å². The maximum Gasteiger partial charge on any atom is 0.249 e. The third-order valence-corrected chi connectivity index (χ3v) is 4.86. The number of hydrogen-bond donors (Lipinski definition) is 2. The molecule has 0 saturated carbocycles. The van der Waals surface area contributed by atoms with Crippen molar-refractivity contribution < 1.29 is 24.2 Å². The Morgan fingerprint density at radius 1 is 1.35 bits per heavy atom. The molecule has 7 nitrogen and oxygen atoms in total. The number of β-amino-alcohol motifs (C(OH)–C–C–N with tert-alkyl or cyclic N) is 1. The van der Waals surface area contributed by atoms with Gasteiger partial charge in [0.05, 0.1) is 18.8 Å². The Morgan fingerprint density at radius 2 is 2.12 bits per heavy atom. The van der Waals surface area contributed by atoms with Gasteiger partial charge in [0.25, 0.3) is 0 Å². The molecule has 2 heterocycles. The van der Waals surface area contributed by atoms with Gasteiger partial charge in [0, 0.05) is 31.1 Å². The van der Waals surface area contributed by atoms with E-state index in [-0.39, 0.29) is 37.5 Å². The van der Waals surface area contributed by atoms with Crippen molar-refractivity contribution in [2.75, 3.05) is 26.4 Å². The average molecular weight is 383 g/mol. The van der Waals surface area contributed by atoms with E-state index >= 15 is 0 Å². The lowest BCUT2D eigenvalue weighted by Gasteiger charge is -2.24. The minimum Gasteiger partial charge on any atom is -0.391 e. The maximum atomic E-state index is 12.5. The van der Waals surface area contributed by atoms with Crippen LogP contribution in [0.15, 0.2) is 24.3 Å². The fourth-order valence-corrected chi connectivity index (χ4v) is 3.29. The van der Waals surface area contributed by atoms with Gasteiger partial charge >= 0.3 is 0 Å². The molecule has 8 heteroatoms. The fourth-order valence-electron chi connectivity index (χ4n) is 3.16. The van der Waals surface area contributed by atoms with Crippen LogP contribution in [-0.2, 0) is 25.6 Å². The van der Waals surface area contributed by atoms with Crippen LogP contribution in [0.1, 0.15) is 18.4 Å². The van der Waals surface area contributed by atoms with Crippen molar-refractivity contribution in [2.24, 2.45) is 0 Å². The lowest BCUT2D eigenvalue weighted by atomic mass is 10.1. The van der Waals surface area contributed by atoms with Gasteiger partial charge in [0.1, 0.15) is 12.6 Å². The summed E-state index contributed by atoms with van der Waals surface area (Å²) < 4.78 is 10.7. The molecule has 2 N–H and O–H groups in total. The van der Waals surface area contributed by atoms with Gasteiger partial charge in [0.15, 0.2) is 0 Å². The Labute approximate surface area is 157 Å². The van der Waals surface area contributed by atoms with E-state index in [2.05, 4.69) is 5.32 Å². The van der Waals surface area contributed by atoms with Crippen LogP contribution in [0.5, 0.6) is 0 Å². The lowest BCUT2D eigenvalue weighted by Crippen LogP contribution is -2.47. The molecule has 0 aliphatic carbocycles. The second kappa shape index (κ2) is 8.81. The summed E-state index contributed by atoms with van der Waals surface area (Å²) in [5, 5.41) is 13.4. The van der Waals surface area contributed by atoms with E-state index in [4.69, 9.17) is 21.1 Å². The standard InChI is InChI=1S/C18H23ClN2O5/c19-13-3-1-12(2-4-13)8-20-18(24)16-7-14(22)9-21(16)17(23)11-26-15-5-6-25-10-15/h1-4,14-16,22H,5-11H2,(H,20,24)/t14?,15?,16-/m0/s1. The smallest absolute Gasteiger partial charge is 0.249 e. The third kappa shape index (κ3) is 4.94. The molecule has 2 fully saturated rings. The molecule has 2 aliphatic heterocycles. The molecule has 0 aromatic heterocycles. The molecule has 2 saturated heterocycles. The quantitative estimate of drug-likeness (QED) is 0.757. The third-order valence-electron chi connectivity index (χ3n) is 4.61. The summed E-state index contributed by atoms with van der Waals surface area (Å²) in [5.41, 5.74) is 0.906. The zero-order valence-electron chi connectivity index (χ0n) is 14.4. The molecule has 26 heavy (non-hydrogen) atoms. The summed E-state index contributed by atoms with van der Waals surface area (Å²) in [6.07, 6.45) is 0.203. The number of nitrogens with zero attached hydrogens (tertiary/aromatic N) is 1. The predicted octanol–water partition coefficient (Wildman–Crippen LogP) is 0.723. The van der Waals surface area contributed by atoms with Crippen LogP contribution in [0, 0.1) is 0 Å². The van der Waals surface area contributed by atoms with Gasteiger partial charge < -0.3 is 24.8 Å². The molecule has 1 aromatic carbocycles. The molecule has 3 rings (SSSR count). The molecule has 1 aromatic rings. The molecule has 2 amide bonds. The first-order chi connectivity index (χ1) is 12.5. The van der Waals surface area contributed by atoms with Gasteiger partial charge in [-0.1, -0.05) is 23.7 Å². The van der Waals surface area contributed by atoms with Gasteiger partial charge in [-0.25, -0.2) is 0 Å².